The molecule has 3 aromatic heterocycles. The van der Waals surface area contributed by atoms with Gasteiger partial charge in [-0.15, -0.1) is 23.8 Å². The van der Waals surface area contributed by atoms with Gasteiger partial charge in [0.15, 0.2) is 0 Å². The fourth-order valence-corrected chi connectivity index (χ4v) is 6.83. The summed E-state index contributed by atoms with van der Waals surface area (Å²) in [7, 11) is 0. The van der Waals surface area contributed by atoms with Crippen LogP contribution in [0.25, 0.3) is 55.6 Å². The van der Waals surface area contributed by atoms with E-state index in [9.17, 15) is 0 Å². The molecule has 0 bridgehead atoms. The van der Waals surface area contributed by atoms with Gasteiger partial charge in [0, 0.05) is 33.1 Å². The second-order valence-corrected chi connectivity index (χ2v) is 14.0. The molecule has 0 aliphatic heterocycles. The maximum absolute atomic E-state index is 8.76. The van der Waals surface area contributed by atoms with Crippen LogP contribution in [0.15, 0.2) is 108 Å². The van der Waals surface area contributed by atoms with Gasteiger partial charge >= 0.3 is 106 Å². The van der Waals surface area contributed by atoms with Crippen LogP contribution in [-0.4, -0.2) is 26.5 Å². The normalized spacial score (nSPS) is 13.2. The molecule has 7 rings (SSSR count). The Morgan fingerprint density at radius 3 is 2.20 bits per heavy atom. The molecule has 4 aromatic carbocycles. The molecule has 49 heavy (non-hydrogen) atoms. The van der Waals surface area contributed by atoms with Crippen molar-refractivity contribution in [2.75, 3.05) is 0 Å². The van der Waals surface area contributed by atoms with Crippen LogP contribution in [0.2, 0.25) is 0 Å². The van der Waals surface area contributed by atoms with Gasteiger partial charge in [0.2, 0.25) is 0 Å². The van der Waals surface area contributed by atoms with E-state index < -0.39 is 11.8 Å². The van der Waals surface area contributed by atoms with E-state index in [-0.39, 0.29) is 26.0 Å². The Hall–Kier alpha value is -3.83. The third-order valence-corrected chi connectivity index (χ3v) is 9.80. The van der Waals surface area contributed by atoms with Crippen LogP contribution in [0.1, 0.15) is 71.4 Å². The van der Waals surface area contributed by atoms with Crippen LogP contribution in [0.5, 0.6) is 0 Å². The molecule has 0 aliphatic rings. The van der Waals surface area contributed by atoms with Crippen molar-refractivity contribution in [1.29, 1.82) is 0 Å². The summed E-state index contributed by atoms with van der Waals surface area (Å²) in [4.78, 5) is 8.99. The van der Waals surface area contributed by atoms with Crippen LogP contribution in [0.3, 0.4) is 0 Å². The van der Waals surface area contributed by atoms with Crippen molar-refractivity contribution in [3.8, 4) is 33.6 Å². The van der Waals surface area contributed by atoms with Gasteiger partial charge in [0.05, 0.1) is 5.58 Å². The summed E-state index contributed by atoms with van der Waals surface area (Å²) >= 11 is 2.00. The smallest absolute Gasteiger partial charge is 0.121 e. The zero-order valence-corrected chi connectivity index (χ0v) is 33.5. The molecule has 0 saturated carbocycles. The van der Waals surface area contributed by atoms with Crippen molar-refractivity contribution in [3.05, 3.63) is 138 Å². The number of aromatic nitrogens is 2. The fraction of sp³-hybridized carbons (Fsp3) is 0.227. The van der Waals surface area contributed by atoms with E-state index in [1.165, 1.54) is 22.3 Å². The van der Waals surface area contributed by atoms with Crippen molar-refractivity contribution in [2.45, 2.75) is 60.3 Å². The number of hydrogen-bond acceptors (Lipinski definition) is 3. The number of aryl methyl sites for hydroxylation is 2. The Balaban J connectivity index is 0.000000237. The van der Waals surface area contributed by atoms with E-state index in [0.717, 1.165) is 60.0 Å². The molecule has 0 fully saturated rings. The number of rotatable bonds is 6. The van der Waals surface area contributed by atoms with Crippen molar-refractivity contribution >= 4 is 42.8 Å². The van der Waals surface area contributed by atoms with E-state index in [4.69, 9.17) is 7.16 Å². The van der Waals surface area contributed by atoms with Crippen LogP contribution in [0.4, 0.5) is 0 Å². The van der Waals surface area contributed by atoms with Crippen LogP contribution >= 0.6 is 0 Å². The van der Waals surface area contributed by atoms with Crippen molar-refractivity contribution in [1.82, 2.24) is 9.97 Å². The Bertz CT molecular complexity index is 2290. The molecule has 0 saturated heterocycles. The molecule has 0 amide bonds. The van der Waals surface area contributed by atoms with Gasteiger partial charge in [-0.2, -0.15) is 0 Å². The average molecular weight is 881 g/mol. The van der Waals surface area contributed by atoms with Gasteiger partial charge in [-0.3, -0.25) is 0 Å². The quantitative estimate of drug-likeness (QED) is 0.123. The maximum atomic E-state index is 8.76. The molecule has 0 spiro atoms. The number of pyridine rings is 2. The molecule has 3 heterocycles. The van der Waals surface area contributed by atoms with Gasteiger partial charge in [-0.05, 0) is 65.7 Å². The Morgan fingerprint density at radius 2 is 1.51 bits per heavy atom. The first-order valence-corrected chi connectivity index (χ1v) is 17.4. The second kappa shape index (κ2) is 15.8. The summed E-state index contributed by atoms with van der Waals surface area (Å²) in [5.74, 6) is -1.08. The zero-order valence-electron chi connectivity index (χ0n) is 31.0. The molecule has 7 aromatic rings. The van der Waals surface area contributed by atoms with Crippen LogP contribution in [0, 0.1) is 31.9 Å². The number of fused-ring (bicyclic) bond motifs is 3. The van der Waals surface area contributed by atoms with Crippen molar-refractivity contribution in [3.63, 3.8) is 0 Å². The molecule has 248 valence electrons. The van der Waals surface area contributed by atoms with E-state index in [1.54, 1.807) is 6.20 Å². The molecule has 3 nitrogen and oxygen atoms in total. The van der Waals surface area contributed by atoms with Gasteiger partial charge < -0.3 is 9.40 Å². The molecule has 0 aliphatic carbocycles. The summed E-state index contributed by atoms with van der Waals surface area (Å²) in [6.45, 7) is 14.2. The van der Waals surface area contributed by atoms with Gasteiger partial charge in [-0.25, -0.2) is 0 Å². The van der Waals surface area contributed by atoms with E-state index >= 15 is 0 Å². The first-order valence-electron chi connectivity index (χ1n) is 17.3. The standard InChI is InChI=1S/C30H28NO.C14H13GeN.Ir/c1-18(2)21(5)22-13-14-31-27(16-22)23-10-12-28-26(15-23)25-11-9-24(17-29(25)32-28)30-19(3)7-6-8-20(30)4;1-10(2)12-8-14(16-9-13(12)15)11-6-4-3-5-7-11;/h6-9,11-18,21H,1-5H3;3-6,8-10H,1-2H3;/q2*-1;/i21D;10D;. The molecule has 0 N–H and O–H groups in total. The summed E-state index contributed by atoms with van der Waals surface area (Å²) < 4.78 is 24.2. The molecular weight excluding hydrogens is 837 g/mol. The van der Waals surface area contributed by atoms with Crippen LogP contribution < -0.4 is 4.40 Å². The second-order valence-electron chi connectivity index (χ2n) is 12.9. The largest absolute Gasteiger partial charge is 0.500 e. The maximum Gasteiger partial charge on any atom is 0.121 e. The predicted octanol–water partition coefficient (Wildman–Crippen LogP) is 11.0. The monoisotopic (exact) mass is 882 g/mol. The molecular formula is C44H41GeIrN2O-2. The number of furan rings is 1. The van der Waals surface area contributed by atoms with Gasteiger partial charge in [0.25, 0.3) is 0 Å². The van der Waals surface area contributed by atoms with Crippen molar-refractivity contribution < 1.29 is 27.3 Å². The van der Waals surface area contributed by atoms with Gasteiger partial charge in [-0.1, -0.05) is 68.1 Å². The fourth-order valence-electron chi connectivity index (χ4n) is 6.02. The summed E-state index contributed by atoms with van der Waals surface area (Å²) in [6.07, 6.45) is 3.63. The first kappa shape index (κ1) is 33.7. The number of hydrogen-bond donors (Lipinski definition) is 0. The SMILES string of the molecule is [2H]C(C)(C)c1cc(-c2[c-]cccc2)nc[c]1[Ge].[2H]C(C)(c1ccnc(-c2[c-]cc3oc4cc(-c5c(C)cccc5C)ccc4c3c2)c1)C(C)C.[Ir]. The Labute approximate surface area is 316 Å². The first-order chi connectivity index (χ1) is 23.7. The summed E-state index contributed by atoms with van der Waals surface area (Å²) in [5.41, 5.74) is 12.2. The molecule has 4 radical (unpaired) electrons. The number of benzene rings is 4. The van der Waals surface area contributed by atoms with E-state index in [2.05, 4.69) is 92.3 Å². The van der Waals surface area contributed by atoms with E-state index in [0.29, 0.717) is 0 Å². The topological polar surface area (TPSA) is 38.9 Å². The Kier molecular flexibility index (Phi) is 10.9. The summed E-state index contributed by atoms with van der Waals surface area (Å²) in [5, 5.41) is 2.13. The van der Waals surface area contributed by atoms with Gasteiger partial charge in [0.1, 0.15) is 5.58 Å². The molecule has 5 heteroatoms. The van der Waals surface area contributed by atoms with Crippen molar-refractivity contribution in [2.24, 2.45) is 5.92 Å². The minimum absolute atomic E-state index is 0. The predicted molar refractivity (Wildman–Crippen MR) is 202 cm³/mol. The minimum atomic E-state index is -0.672. The van der Waals surface area contributed by atoms with Crippen LogP contribution in [-0.2, 0) is 20.1 Å². The third kappa shape index (κ3) is 7.99. The molecule has 1 unspecified atom stereocenters. The Morgan fingerprint density at radius 1 is 0.755 bits per heavy atom. The minimum Gasteiger partial charge on any atom is -0.500 e. The van der Waals surface area contributed by atoms with E-state index in [1.807, 2.05) is 92.0 Å². The summed E-state index contributed by atoms with van der Waals surface area (Å²) in [6, 6.07) is 37.1. The zero-order chi connectivity index (χ0) is 35.8. The number of nitrogens with zero attached hydrogens (tertiary/aromatic N) is 2. The third-order valence-electron chi connectivity index (χ3n) is 8.96. The average Bonchev–Trinajstić information content (AvgIpc) is 3.46. The molecule has 1 atom stereocenters.